The summed E-state index contributed by atoms with van der Waals surface area (Å²) in [5.41, 5.74) is 5.34. The summed E-state index contributed by atoms with van der Waals surface area (Å²) in [7, 11) is -2.83. The summed E-state index contributed by atoms with van der Waals surface area (Å²) >= 11 is 6.87. The summed E-state index contributed by atoms with van der Waals surface area (Å²) in [6.07, 6.45) is 0. The van der Waals surface area contributed by atoms with Gasteiger partial charge in [0.2, 0.25) is 5.91 Å². The van der Waals surface area contributed by atoms with Crippen LogP contribution in [-0.4, -0.2) is 22.0 Å². The summed E-state index contributed by atoms with van der Waals surface area (Å²) in [4.78, 5) is 11.3. The number of hydrogen-bond donors (Lipinski definition) is 2. The lowest BCUT2D eigenvalue weighted by molar-refractivity contribution is -0.120. The molecule has 15 heavy (non-hydrogen) atoms. The summed E-state index contributed by atoms with van der Waals surface area (Å²) in [6.45, 7) is 1.51. The minimum atomic E-state index is -2.83. The van der Waals surface area contributed by atoms with Crippen molar-refractivity contribution < 1.29 is 9.00 Å². The molecule has 0 aliphatic heterocycles. The van der Waals surface area contributed by atoms with E-state index in [1.165, 1.54) is 24.3 Å². The number of nitrogens with one attached hydrogen (secondary N) is 1. The molecule has 1 aromatic heterocycles. The Kier molecular flexibility index (Phi) is 3.77. The highest BCUT2D eigenvalue weighted by molar-refractivity contribution is 8.00. The van der Waals surface area contributed by atoms with Gasteiger partial charge in [0.05, 0.1) is 20.8 Å². The van der Waals surface area contributed by atoms with Crippen LogP contribution in [0, 0.1) is 0 Å². The normalized spacial score (nSPS) is 16.7. The van der Waals surface area contributed by atoms with E-state index in [1.807, 2.05) is 0 Å². The maximum Gasteiger partial charge on any atom is 0.248 e. The lowest BCUT2D eigenvalue weighted by atomic mass is 10.4. The molecule has 0 saturated carbocycles. The summed E-state index contributed by atoms with van der Waals surface area (Å²) in [5, 5.41) is 2.10. The molecule has 0 aromatic carbocycles. The van der Waals surface area contributed by atoms with Gasteiger partial charge in [0.15, 0.2) is 0 Å². The van der Waals surface area contributed by atoms with Gasteiger partial charge in [0.25, 0.3) is 0 Å². The van der Waals surface area contributed by atoms with Crippen LogP contribution in [0.1, 0.15) is 6.92 Å². The van der Waals surface area contributed by atoms with Crippen LogP contribution in [0.5, 0.6) is 0 Å². The van der Waals surface area contributed by atoms with E-state index in [4.69, 9.17) is 17.3 Å². The van der Waals surface area contributed by atoms with Crippen LogP contribution >= 0.6 is 22.9 Å². The molecule has 3 N–H and O–H groups in total. The maximum absolute atomic E-state index is 12.0. The Balaban J connectivity index is 2.90. The van der Waals surface area contributed by atoms with Gasteiger partial charge in [-0.1, -0.05) is 11.6 Å². The van der Waals surface area contributed by atoms with E-state index in [9.17, 15) is 9.00 Å². The largest absolute Gasteiger partial charge is 0.320 e. The van der Waals surface area contributed by atoms with Crippen LogP contribution < -0.4 is 10.5 Å². The molecule has 0 bridgehead atoms. The molecule has 0 radical (unpaired) electrons. The molecule has 1 aromatic rings. The van der Waals surface area contributed by atoms with E-state index in [-0.39, 0.29) is 0 Å². The standard InChI is InChI=1S/C8H11ClN2O2S2/c1-5(10)8(12)11-15(2,13)7-3-6(9)4-14-7/h3-5H,2,10H2,1H3,(H,11,12,13). The van der Waals surface area contributed by atoms with Gasteiger partial charge < -0.3 is 5.73 Å². The third-order valence-corrected chi connectivity index (χ3v) is 5.01. The van der Waals surface area contributed by atoms with E-state index in [2.05, 4.69) is 10.6 Å². The average molecular weight is 267 g/mol. The fourth-order valence-corrected chi connectivity index (χ4v) is 3.46. The number of rotatable bonds is 3. The number of nitrogens with two attached hydrogens (primary N) is 1. The van der Waals surface area contributed by atoms with Crippen LogP contribution in [0.25, 0.3) is 0 Å². The Morgan fingerprint density at radius 3 is 2.80 bits per heavy atom. The summed E-state index contributed by atoms with van der Waals surface area (Å²) in [5.74, 6) is 2.97. The van der Waals surface area contributed by atoms with Crippen LogP contribution in [0.4, 0.5) is 0 Å². The molecular formula is C8H11ClN2O2S2. The fourth-order valence-electron chi connectivity index (χ4n) is 0.774. The second-order valence-electron chi connectivity index (χ2n) is 3.01. The van der Waals surface area contributed by atoms with Crippen LogP contribution in [-0.2, 0) is 14.5 Å². The molecule has 84 valence electrons. The Hall–Kier alpha value is -0.560. The first-order valence-corrected chi connectivity index (χ1v) is 7.00. The van der Waals surface area contributed by atoms with Crippen molar-refractivity contribution in [1.29, 1.82) is 0 Å². The van der Waals surface area contributed by atoms with Crippen molar-refractivity contribution in [2.45, 2.75) is 17.2 Å². The monoisotopic (exact) mass is 266 g/mol. The highest BCUT2D eigenvalue weighted by atomic mass is 35.5. The Morgan fingerprint density at radius 1 is 1.80 bits per heavy atom. The van der Waals surface area contributed by atoms with E-state index >= 15 is 0 Å². The molecule has 0 spiro atoms. The molecule has 2 unspecified atom stereocenters. The van der Waals surface area contributed by atoms with Gasteiger partial charge in [-0.15, -0.1) is 11.3 Å². The SMILES string of the molecule is C=S(=O)(NC(=O)C(C)N)c1cc(Cl)cs1. The lowest BCUT2D eigenvalue weighted by Gasteiger charge is -2.10. The highest BCUT2D eigenvalue weighted by Crippen LogP contribution is 2.23. The zero-order chi connectivity index (χ0) is 11.6. The maximum atomic E-state index is 12.0. The third kappa shape index (κ3) is 3.20. The lowest BCUT2D eigenvalue weighted by Crippen LogP contribution is -2.41. The molecule has 1 amide bonds. The van der Waals surface area contributed by atoms with Gasteiger partial charge in [-0.3, -0.25) is 9.52 Å². The minimum Gasteiger partial charge on any atom is -0.320 e. The predicted molar refractivity (Wildman–Crippen MR) is 64.7 cm³/mol. The Morgan fingerprint density at radius 2 is 2.40 bits per heavy atom. The van der Waals surface area contributed by atoms with E-state index in [0.717, 1.165) is 0 Å². The van der Waals surface area contributed by atoms with Crippen molar-refractivity contribution in [2.75, 3.05) is 0 Å². The van der Waals surface area contributed by atoms with E-state index in [0.29, 0.717) is 9.23 Å². The molecule has 0 aliphatic rings. The fraction of sp³-hybridized carbons (Fsp3) is 0.250. The number of hydrogen-bond acceptors (Lipinski definition) is 4. The van der Waals surface area contributed by atoms with Gasteiger partial charge in [-0.2, -0.15) is 0 Å². The van der Waals surface area contributed by atoms with Gasteiger partial charge in [0, 0.05) is 5.38 Å². The molecule has 4 nitrogen and oxygen atoms in total. The van der Waals surface area contributed by atoms with Crippen LogP contribution in [0.15, 0.2) is 15.7 Å². The zero-order valence-corrected chi connectivity index (χ0v) is 10.4. The van der Waals surface area contributed by atoms with Crippen LogP contribution in [0.3, 0.4) is 0 Å². The van der Waals surface area contributed by atoms with Gasteiger partial charge >= 0.3 is 0 Å². The van der Waals surface area contributed by atoms with Crippen molar-refractivity contribution in [1.82, 2.24) is 4.72 Å². The molecule has 0 fully saturated rings. The minimum absolute atomic E-state index is 0.432. The first kappa shape index (κ1) is 12.5. The van der Waals surface area contributed by atoms with Crippen molar-refractivity contribution in [3.63, 3.8) is 0 Å². The number of carbonyl (C=O) groups is 1. The molecule has 1 heterocycles. The molecule has 2 atom stereocenters. The van der Waals surface area contributed by atoms with Gasteiger partial charge in [-0.25, -0.2) is 4.21 Å². The first-order valence-electron chi connectivity index (χ1n) is 4.01. The molecular weight excluding hydrogens is 256 g/mol. The van der Waals surface area contributed by atoms with Crippen molar-refractivity contribution >= 4 is 44.4 Å². The Labute approximate surface area is 97.6 Å². The number of amides is 1. The zero-order valence-electron chi connectivity index (χ0n) is 8.03. The molecule has 0 aliphatic carbocycles. The topological polar surface area (TPSA) is 72.2 Å². The second-order valence-corrected chi connectivity index (χ2v) is 6.61. The summed E-state index contributed by atoms with van der Waals surface area (Å²) < 4.78 is 14.7. The number of halogens is 1. The number of thiophene rings is 1. The second kappa shape index (κ2) is 4.52. The Bertz CT molecular complexity index is 465. The highest BCUT2D eigenvalue weighted by Gasteiger charge is 2.16. The first-order chi connectivity index (χ1) is 6.83. The smallest absolute Gasteiger partial charge is 0.248 e. The van der Waals surface area contributed by atoms with E-state index < -0.39 is 21.7 Å². The van der Waals surface area contributed by atoms with Crippen molar-refractivity contribution in [2.24, 2.45) is 5.73 Å². The quantitative estimate of drug-likeness (QED) is 0.797. The van der Waals surface area contributed by atoms with Gasteiger partial charge in [0.1, 0.15) is 4.21 Å². The van der Waals surface area contributed by atoms with Gasteiger partial charge in [-0.05, 0) is 18.9 Å². The van der Waals surface area contributed by atoms with Crippen LogP contribution in [0.2, 0.25) is 5.02 Å². The van der Waals surface area contributed by atoms with Crippen molar-refractivity contribution in [3.05, 3.63) is 16.5 Å². The molecule has 0 saturated heterocycles. The number of carbonyl (C=O) groups excluding carboxylic acids is 1. The average Bonchev–Trinajstić information content (AvgIpc) is 2.51. The van der Waals surface area contributed by atoms with E-state index in [1.54, 1.807) is 5.38 Å². The van der Waals surface area contributed by atoms with Crippen molar-refractivity contribution in [3.8, 4) is 0 Å². The molecule has 1 rings (SSSR count). The predicted octanol–water partition coefficient (Wildman–Crippen LogP) is 0.855. The molecule has 7 heteroatoms. The summed E-state index contributed by atoms with van der Waals surface area (Å²) in [6, 6.07) is 0.797. The third-order valence-electron chi connectivity index (χ3n) is 1.55.